The molecule has 1 saturated carbocycles. The number of nitrogens with two attached hydrogens (primary N) is 2. The van der Waals surface area contributed by atoms with Gasteiger partial charge in [-0.25, -0.2) is 0 Å². The summed E-state index contributed by atoms with van der Waals surface area (Å²) < 4.78 is 0. The van der Waals surface area contributed by atoms with Crippen molar-refractivity contribution in [1.29, 1.82) is 0 Å². The Balaban J connectivity index is 1.47. The van der Waals surface area contributed by atoms with E-state index >= 15 is 0 Å². The van der Waals surface area contributed by atoms with Crippen molar-refractivity contribution in [3.05, 3.63) is 41.7 Å². The van der Waals surface area contributed by atoms with Crippen molar-refractivity contribution in [3.8, 4) is 0 Å². The minimum atomic E-state index is 0.202. The molecule has 0 amide bonds. The zero-order valence-electron chi connectivity index (χ0n) is 12.5. The molecule has 0 bridgehead atoms. The lowest BCUT2D eigenvalue weighted by Crippen LogP contribution is -2.06. The van der Waals surface area contributed by atoms with Crippen LogP contribution in [-0.4, -0.2) is 20.7 Å². The zero-order valence-corrected chi connectivity index (χ0v) is 13.3. The third kappa shape index (κ3) is 3.88. The Morgan fingerprint density at radius 3 is 2.45 bits per heavy atom. The van der Waals surface area contributed by atoms with Crippen molar-refractivity contribution in [2.75, 3.05) is 17.2 Å². The van der Waals surface area contributed by atoms with Crippen molar-refractivity contribution in [2.24, 2.45) is 5.92 Å². The molecule has 1 aliphatic rings. The number of hydrogen-bond acceptors (Lipinski definition) is 6. The third-order valence-electron chi connectivity index (χ3n) is 4.11. The smallest absolute Gasteiger partial charge is 0.225 e. The number of thioether (sulfide) groups is 1. The van der Waals surface area contributed by atoms with Crippen molar-refractivity contribution >= 4 is 23.7 Å². The summed E-state index contributed by atoms with van der Waals surface area (Å²) in [7, 11) is 0. The largest absolute Gasteiger partial charge is 0.368 e. The van der Waals surface area contributed by atoms with Gasteiger partial charge in [-0.3, -0.25) is 0 Å². The van der Waals surface area contributed by atoms with E-state index in [1.807, 2.05) is 11.8 Å². The van der Waals surface area contributed by atoms with E-state index in [-0.39, 0.29) is 11.9 Å². The molecule has 0 unspecified atom stereocenters. The van der Waals surface area contributed by atoms with Crippen LogP contribution < -0.4 is 11.5 Å². The van der Waals surface area contributed by atoms with E-state index in [0.717, 1.165) is 23.3 Å². The summed E-state index contributed by atoms with van der Waals surface area (Å²) in [5, 5.41) is 0. The van der Waals surface area contributed by atoms with E-state index in [0.29, 0.717) is 5.82 Å². The van der Waals surface area contributed by atoms with Crippen LogP contribution in [0.4, 0.5) is 11.9 Å². The van der Waals surface area contributed by atoms with E-state index in [2.05, 4.69) is 45.3 Å². The molecule has 5 nitrogen and oxygen atoms in total. The van der Waals surface area contributed by atoms with Crippen LogP contribution in [0.15, 0.2) is 30.3 Å². The Morgan fingerprint density at radius 2 is 1.73 bits per heavy atom. The number of aromatic nitrogens is 3. The van der Waals surface area contributed by atoms with Crippen molar-refractivity contribution in [1.82, 2.24) is 15.0 Å². The van der Waals surface area contributed by atoms with E-state index in [9.17, 15) is 0 Å². The van der Waals surface area contributed by atoms with Gasteiger partial charge in [0.1, 0.15) is 5.82 Å². The van der Waals surface area contributed by atoms with Gasteiger partial charge < -0.3 is 11.5 Å². The van der Waals surface area contributed by atoms with Crippen molar-refractivity contribution in [2.45, 2.75) is 30.9 Å². The quantitative estimate of drug-likeness (QED) is 0.881. The number of nitrogen functional groups attached to an aromatic ring is 2. The normalized spacial score (nSPS) is 21.1. The molecule has 1 aromatic heterocycles. The first-order valence-corrected chi connectivity index (χ1v) is 8.75. The highest BCUT2D eigenvalue weighted by atomic mass is 32.2. The Kier molecular flexibility index (Phi) is 4.77. The highest BCUT2D eigenvalue weighted by Gasteiger charge is 2.25. The molecule has 0 saturated heterocycles. The minimum Gasteiger partial charge on any atom is -0.368 e. The van der Waals surface area contributed by atoms with Gasteiger partial charge in [-0.2, -0.15) is 26.7 Å². The van der Waals surface area contributed by atoms with Gasteiger partial charge in [0.05, 0.1) is 5.75 Å². The van der Waals surface area contributed by atoms with Gasteiger partial charge in [-0.05, 0) is 42.4 Å². The lowest BCUT2D eigenvalue weighted by Gasteiger charge is -2.11. The summed E-state index contributed by atoms with van der Waals surface area (Å²) in [6, 6.07) is 10.8. The molecule has 1 aromatic carbocycles. The second kappa shape index (κ2) is 6.96. The maximum Gasteiger partial charge on any atom is 0.225 e. The monoisotopic (exact) mass is 315 g/mol. The maximum atomic E-state index is 5.58. The summed E-state index contributed by atoms with van der Waals surface area (Å²) in [4.78, 5) is 12.0. The molecule has 2 atom stereocenters. The summed E-state index contributed by atoms with van der Waals surface area (Å²) in [5.74, 6) is 4.44. The molecule has 6 heteroatoms. The molecule has 1 heterocycles. The minimum absolute atomic E-state index is 0.202. The van der Waals surface area contributed by atoms with E-state index < -0.39 is 0 Å². The molecule has 1 aliphatic carbocycles. The van der Waals surface area contributed by atoms with Gasteiger partial charge in [-0.15, -0.1) is 0 Å². The zero-order chi connectivity index (χ0) is 15.4. The number of rotatable bonds is 5. The fourth-order valence-electron chi connectivity index (χ4n) is 3.09. The Morgan fingerprint density at radius 1 is 1.00 bits per heavy atom. The standard InChI is InChI=1S/C16H21N5S/c17-15-19-14(20-16(18)21-15)10-22-9-11-6-7-13(8-11)12-4-2-1-3-5-12/h1-5,11,13H,6-10H2,(H4,17,18,19,20,21)/t11-,13-/m1/s1. The summed E-state index contributed by atoms with van der Waals surface area (Å²) in [5.41, 5.74) is 12.6. The summed E-state index contributed by atoms with van der Waals surface area (Å²) in [6.45, 7) is 0. The number of nitrogens with zero attached hydrogens (tertiary/aromatic N) is 3. The van der Waals surface area contributed by atoms with E-state index in [4.69, 9.17) is 11.5 Å². The van der Waals surface area contributed by atoms with Crippen LogP contribution >= 0.6 is 11.8 Å². The van der Waals surface area contributed by atoms with Gasteiger partial charge in [-0.1, -0.05) is 30.3 Å². The molecule has 116 valence electrons. The van der Waals surface area contributed by atoms with Gasteiger partial charge in [0, 0.05) is 0 Å². The fourth-order valence-corrected chi connectivity index (χ4v) is 4.16. The van der Waals surface area contributed by atoms with Crippen molar-refractivity contribution in [3.63, 3.8) is 0 Å². The maximum absolute atomic E-state index is 5.58. The van der Waals surface area contributed by atoms with Gasteiger partial charge in [0.2, 0.25) is 11.9 Å². The summed E-state index contributed by atoms with van der Waals surface area (Å²) >= 11 is 1.85. The molecular weight excluding hydrogens is 294 g/mol. The fraction of sp³-hybridized carbons (Fsp3) is 0.438. The molecule has 22 heavy (non-hydrogen) atoms. The Hall–Kier alpha value is -1.82. The second-order valence-electron chi connectivity index (χ2n) is 5.77. The predicted molar refractivity (Wildman–Crippen MR) is 91.3 cm³/mol. The third-order valence-corrected chi connectivity index (χ3v) is 5.28. The second-order valence-corrected chi connectivity index (χ2v) is 6.80. The van der Waals surface area contributed by atoms with Crippen molar-refractivity contribution < 1.29 is 0 Å². The molecule has 1 fully saturated rings. The van der Waals surface area contributed by atoms with Gasteiger partial charge in [0.25, 0.3) is 0 Å². The molecular formula is C16H21N5S. The van der Waals surface area contributed by atoms with Crippen LogP contribution in [0.5, 0.6) is 0 Å². The molecule has 0 aliphatic heterocycles. The van der Waals surface area contributed by atoms with Crippen LogP contribution in [0.25, 0.3) is 0 Å². The van der Waals surface area contributed by atoms with Crippen LogP contribution in [0.3, 0.4) is 0 Å². The number of hydrogen-bond donors (Lipinski definition) is 2. The lowest BCUT2D eigenvalue weighted by molar-refractivity contribution is 0.606. The van der Waals surface area contributed by atoms with Gasteiger partial charge >= 0.3 is 0 Å². The highest BCUT2D eigenvalue weighted by Crippen LogP contribution is 2.39. The average Bonchev–Trinajstić information content (AvgIpc) is 2.96. The first-order chi connectivity index (χ1) is 10.7. The average molecular weight is 315 g/mol. The van der Waals surface area contributed by atoms with Crippen LogP contribution in [-0.2, 0) is 5.75 Å². The SMILES string of the molecule is Nc1nc(N)nc(CSC[C@@H]2CC[C@@H](c3ccccc3)C2)n1. The molecule has 0 radical (unpaired) electrons. The van der Waals surface area contributed by atoms with Crippen LogP contribution in [0, 0.1) is 5.92 Å². The summed E-state index contributed by atoms with van der Waals surface area (Å²) in [6.07, 6.45) is 3.87. The number of benzene rings is 1. The van der Waals surface area contributed by atoms with Gasteiger partial charge in [0.15, 0.2) is 0 Å². The van der Waals surface area contributed by atoms with Crippen LogP contribution in [0.1, 0.15) is 36.6 Å². The highest BCUT2D eigenvalue weighted by molar-refractivity contribution is 7.98. The van der Waals surface area contributed by atoms with E-state index in [1.54, 1.807) is 0 Å². The molecule has 0 spiro atoms. The first kappa shape index (κ1) is 15.1. The van der Waals surface area contributed by atoms with Crippen LogP contribution in [0.2, 0.25) is 0 Å². The Bertz CT molecular complexity index is 599. The molecule has 2 aromatic rings. The topological polar surface area (TPSA) is 90.7 Å². The number of anilines is 2. The predicted octanol–water partition coefficient (Wildman–Crippen LogP) is 2.85. The lowest BCUT2D eigenvalue weighted by atomic mass is 9.97. The van der Waals surface area contributed by atoms with E-state index in [1.165, 1.54) is 24.8 Å². The first-order valence-electron chi connectivity index (χ1n) is 7.59. The Labute approximate surface area is 134 Å². The molecule has 4 N–H and O–H groups in total. The molecule has 3 rings (SSSR count).